The third-order valence-corrected chi connectivity index (χ3v) is 4.80. The molecule has 4 nitrogen and oxygen atoms in total. The number of hydrogen-bond acceptors (Lipinski definition) is 2. The van der Waals surface area contributed by atoms with E-state index in [9.17, 15) is 14.0 Å². The Kier molecular flexibility index (Phi) is 3.84. The van der Waals surface area contributed by atoms with Crippen LogP contribution in [0.5, 0.6) is 0 Å². The van der Waals surface area contributed by atoms with Crippen LogP contribution in [0.3, 0.4) is 0 Å². The summed E-state index contributed by atoms with van der Waals surface area (Å²) < 4.78 is 14.0. The van der Waals surface area contributed by atoms with E-state index in [0.717, 1.165) is 5.39 Å². The van der Waals surface area contributed by atoms with E-state index in [2.05, 4.69) is 4.98 Å². The molecule has 126 valence electrons. The van der Waals surface area contributed by atoms with E-state index in [1.165, 1.54) is 12.1 Å². The molecule has 1 N–H and O–H groups in total. The summed E-state index contributed by atoms with van der Waals surface area (Å²) in [6, 6.07) is 15.3. The molecule has 1 amide bonds. The van der Waals surface area contributed by atoms with Crippen LogP contribution >= 0.6 is 0 Å². The standard InChI is InChI=1S/C20H17FN2O2/c21-17-7-3-1-5-14(17)13-9-10-23(12-13)20(25)16-11-19(24)22-18-8-4-2-6-15(16)18/h1-8,11,13H,9-10,12H2,(H,22,24)/t13-/m1/s1. The monoisotopic (exact) mass is 336 g/mol. The van der Waals surface area contributed by atoms with Gasteiger partial charge in [-0.1, -0.05) is 36.4 Å². The number of nitrogens with zero attached hydrogens (tertiary/aromatic N) is 1. The van der Waals surface area contributed by atoms with Crippen LogP contribution in [0, 0.1) is 5.82 Å². The van der Waals surface area contributed by atoms with E-state index in [4.69, 9.17) is 0 Å². The minimum absolute atomic E-state index is 0.0154. The van der Waals surface area contributed by atoms with Gasteiger partial charge < -0.3 is 9.88 Å². The van der Waals surface area contributed by atoms with Crippen LogP contribution < -0.4 is 5.56 Å². The van der Waals surface area contributed by atoms with Gasteiger partial charge >= 0.3 is 0 Å². The van der Waals surface area contributed by atoms with Gasteiger partial charge in [0.25, 0.3) is 5.91 Å². The Labute approximate surface area is 143 Å². The normalized spacial score (nSPS) is 17.2. The molecule has 0 radical (unpaired) electrons. The maximum absolute atomic E-state index is 14.0. The Hall–Kier alpha value is -2.95. The van der Waals surface area contributed by atoms with E-state index in [0.29, 0.717) is 36.2 Å². The molecule has 0 saturated carbocycles. The molecule has 2 heterocycles. The third-order valence-electron chi connectivity index (χ3n) is 4.80. The first-order valence-electron chi connectivity index (χ1n) is 8.29. The number of fused-ring (bicyclic) bond motifs is 1. The number of halogens is 1. The van der Waals surface area contributed by atoms with Crippen LogP contribution in [0.15, 0.2) is 59.4 Å². The summed E-state index contributed by atoms with van der Waals surface area (Å²) in [5.41, 5.74) is 1.39. The van der Waals surface area contributed by atoms with Crippen LogP contribution in [-0.4, -0.2) is 28.9 Å². The van der Waals surface area contributed by atoms with Crippen LogP contribution in [-0.2, 0) is 0 Å². The minimum Gasteiger partial charge on any atom is -0.338 e. The van der Waals surface area contributed by atoms with Gasteiger partial charge in [0.2, 0.25) is 5.56 Å². The van der Waals surface area contributed by atoms with Crippen molar-refractivity contribution in [2.75, 3.05) is 13.1 Å². The highest BCUT2D eigenvalue weighted by molar-refractivity contribution is 6.06. The van der Waals surface area contributed by atoms with E-state index >= 15 is 0 Å². The number of nitrogens with one attached hydrogen (secondary N) is 1. The molecular formula is C20H17FN2O2. The summed E-state index contributed by atoms with van der Waals surface area (Å²) >= 11 is 0. The number of amides is 1. The molecule has 1 atom stereocenters. The van der Waals surface area contributed by atoms with Crippen molar-refractivity contribution in [2.45, 2.75) is 12.3 Å². The first-order valence-corrected chi connectivity index (χ1v) is 8.29. The molecule has 0 aliphatic carbocycles. The van der Waals surface area contributed by atoms with Gasteiger partial charge in [0.1, 0.15) is 5.82 Å². The number of rotatable bonds is 2. The smallest absolute Gasteiger partial charge is 0.254 e. The first-order chi connectivity index (χ1) is 12.1. The van der Waals surface area contributed by atoms with Crippen molar-refractivity contribution >= 4 is 16.8 Å². The molecule has 1 saturated heterocycles. The number of para-hydroxylation sites is 1. The fourth-order valence-electron chi connectivity index (χ4n) is 3.56. The average molecular weight is 336 g/mol. The summed E-state index contributed by atoms with van der Waals surface area (Å²) in [4.78, 5) is 29.3. The molecule has 1 aliphatic heterocycles. The van der Waals surface area contributed by atoms with Gasteiger partial charge in [0.15, 0.2) is 0 Å². The van der Waals surface area contributed by atoms with Crippen molar-refractivity contribution in [1.82, 2.24) is 9.88 Å². The number of pyridine rings is 1. The van der Waals surface area contributed by atoms with Crippen molar-refractivity contribution in [1.29, 1.82) is 0 Å². The Morgan fingerprint density at radius 3 is 2.72 bits per heavy atom. The predicted octanol–water partition coefficient (Wildman–Crippen LogP) is 3.30. The second-order valence-corrected chi connectivity index (χ2v) is 6.35. The minimum atomic E-state index is -0.299. The number of aromatic amines is 1. The van der Waals surface area contributed by atoms with Crippen LogP contribution in [0.25, 0.3) is 10.9 Å². The highest BCUT2D eigenvalue weighted by atomic mass is 19.1. The lowest BCUT2D eigenvalue weighted by atomic mass is 9.98. The Morgan fingerprint density at radius 2 is 1.88 bits per heavy atom. The van der Waals surface area contributed by atoms with Gasteiger partial charge in [-0.3, -0.25) is 9.59 Å². The fraction of sp³-hybridized carbons (Fsp3) is 0.200. The zero-order valence-electron chi connectivity index (χ0n) is 13.5. The topological polar surface area (TPSA) is 53.2 Å². The fourth-order valence-corrected chi connectivity index (χ4v) is 3.56. The molecule has 1 aromatic heterocycles. The summed E-state index contributed by atoms with van der Waals surface area (Å²) in [7, 11) is 0. The van der Waals surface area contributed by atoms with Gasteiger partial charge in [-0.15, -0.1) is 0 Å². The van der Waals surface area contributed by atoms with Crippen molar-refractivity contribution in [3.05, 3.63) is 81.9 Å². The number of hydrogen-bond donors (Lipinski definition) is 1. The number of carbonyl (C=O) groups excluding carboxylic acids is 1. The molecule has 2 aromatic carbocycles. The van der Waals surface area contributed by atoms with Gasteiger partial charge in [-0.2, -0.15) is 0 Å². The molecule has 1 fully saturated rings. The molecule has 0 spiro atoms. The zero-order chi connectivity index (χ0) is 17.4. The van der Waals surface area contributed by atoms with Crippen molar-refractivity contribution in [3.63, 3.8) is 0 Å². The summed E-state index contributed by atoms with van der Waals surface area (Å²) in [6.45, 7) is 1.01. The lowest BCUT2D eigenvalue weighted by molar-refractivity contribution is 0.0792. The molecule has 25 heavy (non-hydrogen) atoms. The largest absolute Gasteiger partial charge is 0.338 e. The highest BCUT2D eigenvalue weighted by Gasteiger charge is 2.30. The number of aromatic nitrogens is 1. The number of likely N-dealkylation sites (tertiary alicyclic amines) is 1. The molecule has 4 rings (SSSR count). The van der Waals surface area contributed by atoms with Gasteiger partial charge in [0.05, 0.1) is 5.56 Å². The number of carbonyl (C=O) groups is 1. The second kappa shape index (κ2) is 6.16. The first kappa shape index (κ1) is 15.6. The maximum Gasteiger partial charge on any atom is 0.254 e. The number of H-pyrrole nitrogens is 1. The Balaban J connectivity index is 1.65. The van der Waals surface area contributed by atoms with E-state index in [-0.39, 0.29) is 23.2 Å². The lowest BCUT2D eigenvalue weighted by Gasteiger charge is -2.18. The summed E-state index contributed by atoms with van der Waals surface area (Å²) in [5.74, 6) is -0.428. The Morgan fingerprint density at radius 1 is 1.12 bits per heavy atom. The van der Waals surface area contributed by atoms with Crippen molar-refractivity contribution in [2.24, 2.45) is 0 Å². The summed E-state index contributed by atoms with van der Waals surface area (Å²) in [6.07, 6.45) is 0.716. The molecule has 1 aliphatic rings. The highest BCUT2D eigenvalue weighted by Crippen LogP contribution is 2.30. The molecule has 3 aromatic rings. The summed E-state index contributed by atoms with van der Waals surface area (Å²) in [5, 5.41) is 0.724. The Bertz CT molecular complexity index is 1010. The van der Waals surface area contributed by atoms with E-state index < -0.39 is 0 Å². The van der Waals surface area contributed by atoms with E-state index in [1.807, 2.05) is 24.3 Å². The predicted molar refractivity (Wildman–Crippen MR) is 94.2 cm³/mol. The maximum atomic E-state index is 14.0. The van der Waals surface area contributed by atoms with Gasteiger partial charge in [-0.25, -0.2) is 4.39 Å². The molecule has 5 heteroatoms. The van der Waals surface area contributed by atoms with E-state index in [1.54, 1.807) is 23.1 Å². The van der Waals surface area contributed by atoms with Crippen LogP contribution in [0.1, 0.15) is 28.3 Å². The molecule has 0 bridgehead atoms. The van der Waals surface area contributed by atoms with Crippen LogP contribution in [0.4, 0.5) is 4.39 Å². The quantitative estimate of drug-likeness (QED) is 0.781. The zero-order valence-corrected chi connectivity index (χ0v) is 13.5. The lowest BCUT2D eigenvalue weighted by Crippen LogP contribution is -2.29. The molecule has 0 unspecified atom stereocenters. The number of benzene rings is 2. The van der Waals surface area contributed by atoms with Crippen LogP contribution in [0.2, 0.25) is 0 Å². The van der Waals surface area contributed by atoms with Gasteiger partial charge in [0, 0.05) is 36.0 Å². The third kappa shape index (κ3) is 2.82. The SMILES string of the molecule is O=C(c1cc(=O)[nH]c2ccccc12)N1CC[C@@H](c2ccccc2F)C1. The van der Waals surface area contributed by atoms with Crippen molar-refractivity contribution < 1.29 is 9.18 Å². The average Bonchev–Trinajstić information content (AvgIpc) is 3.10. The van der Waals surface area contributed by atoms with Crippen molar-refractivity contribution in [3.8, 4) is 0 Å². The van der Waals surface area contributed by atoms with Gasteiger partial charge in [-0.05, 0) is 24.1 Å². The second-order valence-electron chi connectivity index (χ2n) is 6.35. The molecular weight excluding hydrogens is 319 g/mol.